The van der Waals surface area contributed by atoms with Gasteiger partial charge in [0.25, 0.3) is 0 Å². The van der Waals surface area contributed by atoms with E-state index in [2.05, 4.69) is 48.4 Å². The first-order valence-corrected chi connectivity index (χ1v) is 5.63. The Bertz CT molecular complexity index is 406. The molecule has 1 heterocycles. The SMILES string of the molecule is CCOC1=C(C)C=CN(c2ccccc2)C1. The molecule has 0 amide bonds. The third-order valence-corrected chi connectivity index (χ3v) is 2.66. The van der Waals surface area contributed by atoms with Gasteiger partial charge in [-0.15, -0.1) is 0 Å². The summed E-state index contributed by atoms with van der Waals surface area (Å²) in [5, 5.41) is 0. The van der Waals surface area contributed by atoms with Crippen molar-refractivity contribution in [2.75, 3.05) is 18.1 Å². The summed E-state index contributed by atoms with van der Waals surface area (Å²) in [5.74, 6) is 1.06. The lowest BCUT2D eigenvalue weighted by Crippen LogP contribution is -2.23. The van der Waals surface area contributed by atoms with E-state index in [1.54, 1.807) is 0 Å². The highest BCUT2D eigenvalue weighted by Crippen LogP contribution is 2.22. The average molecular weight is 215 g/mol. The van der Waals surface area contributed by atoms with Crippen LogP contribution in [0.2, 0.25) is 0 Å². The minimum absolute atomic E-state index is 0.725. The van der Waals surface area contributed by atoms with Gasteiger partial charge in [0.05, 0.1) is 13.2 Å². The zero-order chi connectivity index (χ0) is 11.4. The lowest BCUT2D eigenvalue weighted by Gasteiger charge is -2.26. The summed E-state index contributed by atoms with van der Waals surface area (Å²) in [6.45, 7) is 5.65. The van der Waals surface area contributed by atoms with Gasteiger partial charge in [-0.2, -0.15) is 0 Å². The Hall–Kier alpha value is -1.70. The quantitative estimate of drug-likeness (QED) is 0.766. The van der Waals surface area contributed by atoms with Crippen molar-refractivity contribution < 1.29 is 4.74 Å². The average Bonchev–Trinajstić information content (AvgIpc) is 2.33. The maximum atomic E-state index is 5.63. The molecule has 0 unspecified atom stereocenters. The number of allylic oxidation sites excluding steroid dienone is 2. The monoisotopic (exact) mass is 215 g/mol. The second-order valence-electron chi connectivity index (χ2n) is 3.82. The van der Waals surface area contributed by atoms with E-state index in [1.807, 2.05) is 13.0 Å². The highest BCUT2D eigenvalue weighted by atomic mass is 16.5. The molecule has 2 heteroatoms. The number of rotatable bonds is 3. The topological polar surface area (TPSA) is 12.5 Å². The molecule has 1 aliphatic heterocycles. The lowest BCUT2D eigenvalue weighted by molar-refractivity contribution is 0.222. The van der Waals surface area contributed by atoms with E-state index in [-0.39, 0.29) is 0 Å². The summed E-state index contributed by atoms with van der Waals surface area (Å²) in [5.41, 5.74) is 2.41. The van der Waals surface area contributed by atoms with Gasteiger partial charge in [0.2, 0.25) is 0 Å². The number of benzene rings is 1. The van der Waals surface area contributed by atoms with Gasteiger partial charge in [0.15, 0.2) is 0 Å². The van der Waals surface area contributed by atoms with Crippen LogP contribution in [0, 0.1) is 0 Å². The van der Waals surface area contributed by atoms with Crippen molar-refractivity contribution in [1.29, 1.82) is 0 Å². The van der Waals surface area contributed by atoms with Gasteiger partial charge in [-0.1, -0.05) is 18.2 Å². The predicted octanol–water partition coefficient (Wildman–Crippen LogP) is 3.33. The molecule has 2 nitrogen and oxygen atoms in total. The maximum Gasteiger partial charge on any atom is 0.119 e. The minimum Gasteiger partial charge on any atom is -0.496 e. The van der Waals surface area contributed by atoms with Crippen LogP contribution in [0.4, 0.5) is 5.69 Å². The maximum absolute atomic E-state index is 5.63. The number of para-hydroxylation sites is 1. The van der Waals surface area contributed by atoms with Crippen molar-refractivity contribution in [3.05, 3.63) is 53.9 Å². The van der Waals surface area contributed by atoms with Crippen molar-refractivity contribution >= 4 is 5.69 Å². The number of nitrogens with zero attached hydrogens (tertiary/aromatic N) is 1. The highest BCUT2D eigenvalue weighted by molar-refractivity contribution is 5.52. The Balaban J connectivity index is 2.16. The Morgan fingerprint density at radius 3 is 2.69 bits per heavy atom. The first kappa shape index (κ1) is 10.8. The summed E-state index contributed by atoms with van der Waals surface area (Å²) in [7, 11) is 0. The van der Waals surface area contributed by atoms with Crippen LogP contribution in [0.25, 0.3) is 0 Å². The van der Waals surface area contributed by atoms with Gasteiger partial charge in [-0.05, 0) is 37.6 Å². The van der Waals surface area contributed by atoms with Gasteiger partial charge in [0.1, 0.15) is 5.76 Å². The first-order valence-electron chi connectivity index (χ1n) is 5.63. The van der Waals surface area contributed by atoms with Crippen molar-refractivity contribution in [2.24, 2.45) is 0 Å². The second-order valence-corrected chi connectivity index (χ2v) is 3.82. The number of ether oxygens (including phenoxy) is 1. The molecular formula is C14H17NO. The minimum atomic E-state index is 0.725. The first-order chi connectivity index (χ1) is 7.81. The Labute approximate surface area is 96.8 Å². The summed E-state index contributed by atoms with van der Waals surface area (Å²) >= 11 is 0. The van der Waals surface area contributed by atoms with E-state index in [0.29, 0.717) is 0 Å². The van der Waals surface area contributed by atoms with Crippen molar-refractivity contribution in [3.8, 4) is 0 Å². The van der Waals surface area contributed by atoms with Crippen LogP contribution >= 0.6 is 0 Å². The molecule has 0 atom stereocenters. The zero-order valence-corrected chi connectivity index (χ0v) is 9.81. The molecule has 0 aromatic heterocycles. The zero-order valence-electron chi connectivity index (χ0n) is 9.81. The third-order valence-electron chi connectivity index (χ3n) is 2.66. The van der Waals surface area contributed by atoms with E-state index >= 15 is 0 Å². The summed E-state index contributed by atoms with van der Waals surface area (Å²) in [4.78, 5) is 2.19. The Morgan fingerprint density at radius 1 is 1.25 bits per heavy atom. The van der Waals surface area contributed by atoms with Crippen LogP contribution in [0.15, 0.2) is 53.9 Å². The van der Waals surface area contributed by atoms with Gasteiger partial charge < -0.3 is 9.64 Å². The Kier molecular flexibility index (Phi) is 3.30. The van der Waals surface area contributed by atoms with Crippen LogP contribution in [-0.2, 0) is 4.74 Å². The van der Waals surface area contributed by atoms with Gasteiger partial charge in [-0.3, -0.25) is 0 Å². The molecule has 0 radical (unpaired) electrons. The molecule has 0 spiro atoms. The fourth-order valence-electron chi connectivity index (χ4n) is 1.76. The van der Waals surface area contributed by atoms with Crippen LogP contribution < -0.4 is 4.90 Å². The molecule has 0 fully saturated rings. The van der Waals surface area contributed by atoms with E-state index < -0.39 is 0 Å². The van der Waals surface area contributed by atoms with Crippen molar-refractivity contribution in [1.82, 2.24) is 0 Å². The second kappa shape index (κ2) is 4.88. The molecule has 84 valence electrons. The molecule has 0 N–H and O–H groups in total. The molecule has 1 aromatic carbocycles. The molecule has 1 aromatic rings. The molecular weight excluding hydrogens is 198 g/mol. The molecule has 2 rings (SSSR count). The van der Waals surface area contributed by atoms with Crippen molar-refractivity contribution in [3.63, 3.8) is 0 Å². The normalized spacial score (nSPS) is 15.5. The molecule has 0 saturated heterocycles. The highest BCUT2D eigenvalue weighted by Gasteiger charge is 2.13. The van der Waals surface area contributed by atoms with E-state index in [1.165, 1.54) is 11.3 Å². The van der Waals surface area contributed by atoms with Gasteiger partial charge in [-0.25, -0.2) is 0 Å². The molecule has 0 saturated carbocycles. The standard InChI is InChI=1S/C14H17NO/c1-3-16-14-11-15(10-9-12(14)2)13-7-5-4-6-8-13/h4-10H,3,11H2,1-2H3. The van der Waals surface area contributed by atoms with E-state index in [4.69, 9.17) is 4.74 Å². The number of hydrogen-bond donors (Lipinski definition) is 0. The largest absolute Gasteiger partial charge is 0.496 e. The summed E-state index contributed by atoms with van der Waals surface area (Å²) in [6, 6.07) is 10.3. The summed E-state index contributed by atoms with van der Waals surface area (Å²) < 4.78 is 5.63. The smallest absolute Gasteiger partial charge is 0.119 e. The van der Waals surface area contributed by atoms with Gasteiger partial charge >= 0.3 is 0 Å². The molecule has 0 bridgehead atoms. The molecule has 0 aliphatic carbocycles. The number of anilines is 1. The fourth-order valence-corrected chi connectivity index (χ4v) is 1.76. The molecule has 1 aliphatic rings. The van der Waals surface area contributed by atoms with Crippen LogP contribution in [0.1, 0.15) is 13.8 Å². The fraction of sp³-hybridized carbons (Fsp3) is 0.286. The van der Waals surface area contributed by atoms with E-state index in [9.17, 15) is 0 Å². The molecule has 16 heavy (non-hydrogen) atoms. The third kappa shape index (κ3) is 2.27. The Morgan fingerprint density at radius 2 is 2.00 bits per heavy atom. The van der Waals surface area contributed by atoms with E-state index in [0.717, 1.165) is 18.9 Å². The van der Waals surface area contributed by atoms with Crippen LogP contribution in [-0.4, -0.2) is 13.2 Å². The summed E-state index contributed by atoms with van der Waals surface area (Å²) in [6.07, 6.45) is 4.20. The van der Waals surface area contributed by atoms with Gasteiger partial charge in [0, 0.05) is 11.9 Å². The van der Waals surface area contributed by atoms with Crippen molar-refractivity contribution in [2.45, 2.75) is 13.8 Å². The van der Waals surface area contributed by atoms with Crippen LogP contribution in [0.3, 0.4) is 0 Å². The number of hydrogen-bond acceptors (Lipinski definition) is 2. The van der Waals surface area contributed by atoms with Crippen LogP contribution in [0.5, 0.6) is 0 Å². The lowest BCUT2D eigenvalue weighted by atomic mass is 10.1. The predicted molar refractivity (Wildman–Crippen MR) is 67.3 cm³/mol.